The van der Waals surface area contributed by atoms with Gasteiger partial charge in [-0.25, -0.2) is 4.79 Å². The number of hydrogen-bond donors (Lipinski definition) is 3. The second-order valence-electron chi connectivity index (χ2n) is 5.24. The molecule has 0 aromatic heterocycles. The Morgan fingerprint density at radius 2 is 1.96 bits per heavy atom. The van der Waals surface area contributed by atoms with Crippen molar-refractivity contribution >= 4 is 12.0 Å². The number of nitriles is 1. The molecule has 1 aromatic carbocycles. The highest BCUT2D eigenvalue weighted by atomic mass is 16.5. The Bertz CT molecular complexity index is 665. The number of nitrogens with zero attached hydrogens (tertiary/aromatic N) is 1. The molecule has 2 amide bonds. The number of carbonyl (C=O) groups excluding carboxylic acids is 2. The molecule has 1 atom stereocenters. The molecule has 0 aliphatic rings. The minimum atomic E-state index is -0.509. The number of ether oxygens (including phenoxy) is 2. The molecule has 1 aromatic rings. The van der Waals surface area contributed by atoms with E-state index in [1.807, 2.05) is 25.1 Å². The monoisotopic (exact) mass is 360 g/mol. The van der Waals surface area contributed by atoms with Crippen LogP contribution in [0.2, 0.25) is 0 Å². The highest BCUT2D eigenvalue weighted by molar-refractivity contribution is 5.97. The number of methoxy groups -OCH3 is 1. The van der Waals surface area contributed by atoms with Crippen LogP contribution in [0.3, 0.4) is 0 Å². The first-order valence-electron chi connectivity index (χ1n) is 8.20. The van der Waals surface area contributed by atoms with E-state index in [-0.39, 0.29) is 11.6 Å². The van der Waals surface area contributed by atoms with Crippen LogP contribution < -0.4 is 20.7 Å². The van der Waals surface area contributed by atoms with Crippen molar-refractivity contribution in [1.29, 1.82) is 5.26 Å². The van der Waals surface area contributed by atoms with Crippen LogP contribution in [0.5, 0.6) is 5.75 Å². The summed E-state index contributed by atoms with van der Waals surface area (Å²) in [5.41, 5.74) is 0.838. The standard InChI is InChI=1S/C18H24N4O4/c1-4-26-18(24)21-10-9-20-12-15(11-19)17(23)22-13(2)14-5-7-16(25-3)8-6-14/h5-8,12-13,20H,4,9-10H2,1-3H3,(H,21,24)(H,22,23)/b15-12-. The second-order valence-corrected chi connectivity index (χ2v) is 5.24. The Kier molecular flexibility index (Phi) is 9.10. The molecule has 0 saturated carbocycles. The third kappa shape index (κ3) is 7.13. The highest BCUT2D eigenvalue weighted by Crippen LogP contribution is 2.17. The third-order valence-corrected chi connectivity index (χ3v) is 3.39. The second kappa shape index (κ2) is 11.4. The molecule has 3 N–H and O–H groups in total. The normalized spacial score (nSPS) is 11.7. The lowest BCUT2D eigenvalue weighted by atomic mass is 10.1. The minimum absolute atomic E-state index is 0.0542. The smallest absolute Gasteiger partial charge is 0.407 e. The van der Waals surface area contributed by atoms with E-state index in [2.05, 4.69) is 16.0 Å². The van der Waals surface area contributed by atoms with Crippen LogP contribution >= 0.6 is 0 Å². The van der Waals surface area contributed by atoms with Crippen LogP contribution in [0.15, 0.2) is 36.0 Å². The summed E-state index contributed by atoms with van der Waals surface area (Å²) in [6, 6.07) is 8.88. The van der Waals surface area contributed by atoms with E-state index in [0.29, 0.717) is 19.7 Å². The maximum absolute atomic E-state index is 12.2. The molecule has 0 aliphatic carbocycles. The first kappa shape index (κ1) is 20.8. The summed E-state index contributed by atoms with van der Waals surface area (Å²) in [4.78, 5) is 23.3. The van der Waals surface area contributed by atoms with E-state index >= 15 is 0 Å². The Balaban J connectivity index is 2.48. The van der Waals surface area contributed by atoms with Gasteiger partial charge in [0.15, 0.2) is 0 Å². The summed E-state index contributed by atoms with van der Waals surface area (Å²) in [6.45, 7) is 4.49. The van der Waals surface area contributed by atoms with Gasteiger partial charge in [0.05, 0.1) is 19.8 Å². The molecule has 0 bridgehead atoms. The maximum atomic E-state index is 12.2. The van der Waals surface area contributed by atoms with Crippen molar-refractivity contribution in [3.05, 3.63) is 41.6 Å². The lowest BCUT2D eigenvalue weighted by Crippen LogP contribution is -2.32. The zero-order valence-corrected chi connectivity index (χ0v) is 15.2. The zero-order valence-electron chi connectivity index (χ0n) is 15.2. The van der Waals surface area contributed by atoms with Gasteiger partial charge in [-0.1, -0.05) is 12.1 Å². The number of benzene rings is 1. The quantitative estimate of drug-likeness (QED) is 0.350. The SMILES string of the molecule is CCOC(=O)NCCN/C=C(/C#N)C(=O)NC(C)c1ccc(OC)cc1. The van der Waals surface area contributed by atoms with Gasteiger partial charge in [0.2, 0.25) is 0 Å². The summed E-state index contributed by atoms with van der Waals surface area (Å²) in [5, 5.41) is 17.2. The summed E-state index contributed by atoms with van der Waals surface area (Å²) < 4.78 is 9.81. The van der Waals surface area contributed by atoms with Crippen LogP contribution in [0.4, 0.5) is 4.79 Å². The van der Waals surface area contributed by atoms with Crippen molar-refractivity contribution in [2.24, 2.45) is 0 Å². The van der Waals surface area contributed by atoms with Gasteiger partial charge in [0.1, 0.15) is 17.4 Å². The van der Waals surface area contributed by atoms with Crippen LogP contribution in [0.1, 0.15) is 25.5 Å². The average molecular weight is 360 g/mol. The van der Waals surface area contributed by atoms with Gasteiger partial charge in [-0.15, -0.1) is 0 Å². The van der Waals surface area contributed by atoms with Crippen LogP contribution in [-0.4, -0.2) is 38.8 Å². The predicted molar refractivity (Wildman–Crippen MR) is 96.3 cm³/mol. The Morgan fingerprint density at radius 3 is 2.54 bits per heavy atom. The van der Waals surface area contributed by atoms with Crippen LogP contribution in [0, 0.1) is 11.3 Å². The molecular formula is C18H24N4O4. The molecule has 1 rings (SSSR count). The van der Waals surface area contributed by atoms with Gasteiger partial charge < -0.3 is 25.4 Å². The van der Waals surface area contributed by atoms with Gasteiger partial charge in [-0.3, -0.25) is 4.79 Å². The van der Waals surface area contributed by atoms with Gasteiger partial charge in [0, 0.05) is 19.3 Å². The molecule has 0 aliphatic heterocycles. The Labute approximate surface area is 153 Å². The van der Waals surface area contributed by atoms with E-state index in [9.17, 15) is 9.59 Å². The number of carbonyl (C=O) groups is 2. The molecule has 0 heterocycles. The molecule has 0 saturated heterocycles. The lowest BCUT2D eigenvalue weighted by molar-refractivity contribution is -0.117. The molecule has 8 heteroatoms. The van der Waals surface area contributed by atoms with Gasteiger partial charge in [-0.05, 0) is 31.5 Å². The van der Waals surface area contributed by atoms with Crippen molar-refractivity contribution in [3.63, 3.8) is 0 Å². The van der Waals surface area contributed by atoms with Gasteiger partial charge in [-0.2, -0.15) is 5.26 Å². The molecule has 0 spiro atoms. The van der Waals surface area contributed by atoms with Crippen molar-refractivity contribution in [2.45, 2.75) is 19.9 Å². The molecule has 8 nitrogen and oxygen atoms in total. The van der Waals surface area contributed by atoms with E-state index in [1.54, 1.807) is 26.2 Å². The van der Waals surface area contributed by atoms with Crippen LogP contribution in [-0.2, 0) is 9.53 Å². The summed E-state index contributed by atoms with van der Waals surface area (Å²) in [5.74, 6) is 0.243. The number of amides is 2. The number of nitrogens with one attached hydrogen (secondary N) is 3. The van der Waals surface area contributed by atoms with Crippen molar-refractivity contribution in [1.82, 2.24) is 16.0 Å². The fourth-order valence-electron chi connectivity index (χ4n) is 1.99. The fourth-order valence-corrected chi connectivity index (χ4v) is 1.99. The molecule has 140 valence electrons. The zero-order chi connectivity index (χ0) is 19.4. The van der Waals surface area contributed by atoms with Crippen molar-refractivity contribution in [3.8, 4) is 11.8 Å². The van der Waals surface area contributed by atoms with E-state index in [4.69, 9.17) is 14.7 Å². The summed E-state index contributed by atoms with van der Waals surface area (Å²) in [6.07, 6.45) is 0.813. The Hall–Kier alpha value is -3.21. The van der Waals surface area contributed by atoms with E-state index in [0.717, 1.165) is 11.3 Å². The number of hydrogen-bond acceptors (Lipinski definition) is 6. The number of alkyl carbamates (subject to hydrolysis) is 1. The highest BCUT2D eigenvalue weighted by Gasteiger charge is 2.13. The topological polar surface area (TPSA) is 112 Å². The summed E-state index contributed by atoms with van der Waals surface area (Å²) in [7, 11) is 1.58. The average Bonchev–Trinajstić information content (AvgIpc) is 2.64. The molecule has 26 heavy (non-hydrogen) atoms. The predicted octanol–water partition coefficient (Wildman–Crippen LogP) is 1.62. The molecule has 1 unspecified atom stereocenters. The molecule has 0 fully saturated rings. The van der Waals surface area contributed by atoms with Crippen LogP contribution in [0.25, 0.3) is 0 Å². The third-order valence-electron chi connectivity index (χ3n) is 3.39. The van der Waals surface area contributed by atoms with Crippen molar-refractivity contribution in [2.75, 3.05) is 26.8 Å². The van der Waals surface area contributed by atoms with E-state index in [1.165, 1.54) is 6.20 Å². The van der Waals surface area contributed by atoms with Gasteiger partial charge >= 0.3 is 6.09 Å². The first-order valence-corrected chi connectivity index (χ1v) is 8.20. The Morgan fingerprint density at radius 1 is 1.27 bits per heavy atom. The largest absolute Gasteiger partial charge is 0.497 e. The minimum Gasteiger partial charge on any atom is -0.497 e. The van der Waals surface area contributed by atoms with Crippen molar-refractivity contribution < 1.29 is 19.1 Å². The molecule has 0 radical (unpaired) electrons. The first-order chi connectivity index (χ1) is 12.5. The lowest BCUT2D eigenvalue weighted by Gasteiger charge is -2.14. The summed E-state index contributed by atoms with van der Waals surface area (Å²) >= 11 is 0. The van der Waals surface area contributed by atoms with E-state index < -0.39 is 12.0 Å². The maximum Gasteiger partial charge on any atom is 0.407 e. The molecular weight excluding hydrogens is 336 g/mol. The number of rotatable bonds is 9. The fraction of sp³-hybridized carbons (Fsp3) is 0.389. The van der Waals surface area contributed by atoms with Gasteiger partial charge in [0.25, 0.3) is 5.91 Å².